The molecule has 4 heteroatoms. The number of fused-ring (bicyclic) bond motifs is 1. The van der Waals surface area contributed by atoms with Gasteiger partial charge in [-0.05, 0) is 31.2 Å². The van der Waals surface area contributed by atoms with Crippen LogP contribution in [0.4, 0.5) is 0 Å². The number of hydrogen-bond donors (Lipinski definition) is 0. The van der Waals surface area contributed by atoms with Gasteiger partial charge in [-0.15, -0.1) is 0 Å². The Balaban J connectivity index is 2.11. The molecule has 0 spiro atoms. The number of hydrogen-bond acceptors (Lipinski definition) is 2. The van der Waals surface area contributed by atoms with E-state index in [1.165, 1.54) is 30.6 Å². The van der Waals surface area contributed by atoms with Gasteiger partial charge < -0.3 is 0 Å². The lowest BCUT2D eigenvalue weighted by molar-refractivity contribution is 0.0622. The Kier molecular flexibility index (Phi) is 7.28. The van der Waals surface area contributed by atoms with Crippen LogP contribution in [-0.4, -0.2) is 31.1 Å². The molecule has 2 rings (SSSR count). The molecule has 0 saturated carbocycles. The molecule has 0 bridgehead atoms. The van der Waals surface area contributed by atoms with Crippen LogP contribution in [0.5, 0.6) is 0 Å². The molecular weight excluding hydrogens is 309 g/mol. The van der Waals surface area contributed by atoms with Gasteiger partial charge in [0.2, 0.25) is 0 Å². The number of imide groups is 1. The number of benzene rings is 1. The molecule has 1 unspecified atom stereocenters. The molecule has 0 fully saturated rings. The van der Waals surface area contributed by atoms with Gasteiger partial charge in [0.25, 0.3) is 11.8 Å². The average Bonchev–Trinajstić information content (AvgIpc) is 2.85. The van der Waals surface area contributed by atoms with Gasteiger partial charge in [0.1, 0.15) is 7.85 Å². The monoisotopic (exact) mass is 339 g/mol. The summed E-state index contributed by atoms with van der Waals surface area (Å²) in [5.41, 5.74) is 2.16. The summed E-state index contributed by atoms with van der Waals surface area (Å²) in [5.74, 6) is 0.0108. The van der Waals surface area contributed by atoms with Gasteiger partial charge in [-0.2, -0.15) is 0 Å². The lowest BCUT2D eigenvalue weighted by atomic mass is 9.86. The van der Waals surface area contributed by atoms with Gasteiger partial charge in [-0.3, -0.25) is 14.5 Å². The van der Waals surface area contributed by atoms with Crippen LogP contribution in [-0.2, 0) is 0 Å². The van der Waals surface area contributed by atoms with Gasteiger partial charge in [-0.1, -0.05) is 70.0 Å². The topological polar surface area (TPSA) is 37.4 Å². The molecule has 1 atom stereocenters. The third-order valence-corrected chi connectivity index (χ3v) is 5.24. The maximum absolute atomic E-state index is 12.8. The summed E-state index contributed by atoms with van der Waals surface area (Å²) in [7, 11) is 5.98. The predicted molar refractivity (Wildman–Crippen MR) is 104 cm³/mol. The second-order valence-corrected chi connectivity index (χ2v) is 7.30. The third-order valence-electron chi connectivity index (χ3n) is 5.24. The Bertz CT molecular complexity index is 586. The molecule has 0 aromatic heterocycles. The first-order valence-corrected chi connectivity index (χ1v) is 9.76. The highest BCUT2D eigenvalue weighted by Crippen LogP contribution is 2.27. The number of nitrogens with zero attached hydrogens (tertiary/aromatic N) is 1. The van der Waals surface area contributed by atoms with E-state index in [0.717, 1.165) is 31.2 Å². The van der Waals surface area contributed by atoms with Crippen LogP contribution in [0.2, 0.25) is 0 Å². The molecule has 134 valence electrons. The first-order chi connectivity index (χ1) is 12.0. The minimum atomic E-state index is -0.212. The summed E-state index contributed by atoms with van der Waals surface area (Å²) < 4.78 is 0. The van der Waals surface area contributed by atoms with Crippen molar-refractivity contribution in [3.8, 4) is 0 Å². The van der Waals surface area contributed by atoms with Crippen molar-refractivity contribution in [3.05, 3.63) is 28.8 Å². The van der Waals surface area contributed by atoms with Gasteiger partial charge in [0.15, 0.2) is 0 Å². The van der Waals surface area contributed by atoms with Crippen molar-refractivity contribution < 1.29 is 9.59 Å². The number of carbonyl (C=O) groups is 2. The Morgan fingerprint density at radius 1 is 0.920 bits per heavy atom. The highest BCUT2D eigenvalue weighted by Gasteiger charge is 2.38. The SMILES string of the molecule is [B]c1ccc(C)c2c1C(=O)N(CC(CCCC)CCCCCC)C2=O. The van der Waals surface area contributed by atoms with Crippen molar-refractivity contribution in [2.24, 2.45) is 5.92 Å². The van der Waals surface area contributed by atoms with Crippen LogP contribution in [0.1, 0.15) is 91.5 Å². The van der Waals surface area contributed by atoms with E-state index >= 15 is 0 Å². The summed E-state index contributed by atoms with van der Waals surface area (Å²) in [6.45, 7) is 6.78. The Hall–Kier alpha value is -1.58. The van der Waals surface area contributed by atoms with E-state index in [2.05, 4.69) is 13.8 Å². The third kappa shape index (κ3) is 4.53. The molecule has 2 amide bonds. The van der Waals surface area contributed by atoms with Crippen LogP contribution >= 0.6 is 0 Å². The molecule has 1 aliphatic rings. The molecule has 1 aromatic rings. The fourth-order valence-electron chi connectivity index (χ4n) is 3.69. The van der Waals surface area contributed by atoms with Crippen molar-refractivity contribution in [1.82, 2.24) is 4.90 Å². The standard InChI is InChI=1S/C21H30BNO2/c1-4-6-8-9-11-16(10-7-5-2)14-23-20(24)18-15(3)12-13-17(22)19(18)21(23)25/h12-13,16H,4-11,14H2,1-3H3. The van der Waals surface area contributed by atoms with E-state index in [-0.39, 0.29) is 11.8 Å². The van der Waals surface area contributed by atoms with Crippen molar-refractivity contribution in [2.75, 3.05) is 6.54 Å². The van der Waals surface area contributed by atoms with E-state index < -0.39 is 0 Å². The average molecular weight is 339 g/mol. The lowest BCUT2D eigenvalue weighted by Crippen LogP contribution is -2.35. The maximum atomic E-state index is 12.8. The summed E-state index contributed by atoms with van der Waals surface area (Å²) >= 11 is 0. The number of aryl methyl sites for hydroxylation is 1. The van der Waals surface area contributed by atoms with Crippen molar-refractivity contribution in [3.63, 3.8) is 0 Å². The van der Waals surface area contributed by atoms with E-state index in [0.29, 0.717) is 29.1 Å². The van der Waals surface area contributed by atoms with Gasteiger partial charge in [0, 0.05) is 12.1 Å². The first kappa shape index (κ1) is 19.7. The normalized spacial score (nSPS) is 14.9. The van der Waals surface area contributed by atoms with E-state index in [4.69, 9.17) is 7.85 Å². The highest BCUT2D eigenvalue weighted by atomic mass is 16.2. The van der Waals surface area contributed by atoms with Crippen molar-refractivity contribution in [2.45, 2.75) is 72.1 Å². The minimum absolute atomic E-state index is 0.167. The van der Waals surface area contributed by atoms with Crippen LogP contribution in [0.15, 0.2) is 12.1 Å². The van der Waals surface area contributed by atoms with Gasteiger partial charge in [0.05, 0.1) is 5.56 Å². The fourth-order valence-corrected chi connectivity index (χ4v) is 3.69. The molecule has 1 heterocycles. The van der Waals surface area contributed by atoms with Crippen LogP contribution in [0.3, 0.4) is 0 Å². The zero-order valence-corrected chi connectivity index (χ0v) is 15.9. The van der Waals surface area contributed by atoms with Crippen molar-refractivity contribution >= 4 is 25.1 Å². The van der Waals surface area contributed by atoms with Crippen molar-refractivity contribution in [1.29, 1.82) is 0 Å². The van der Waals surface area contributed by atoms with Gasteiger partial charge in [-0.25, -0.2) is 0 Å². The summed E-state index contributed by atoms with van der Waals surface area (Å²) in [5, 5.41) is 0. The lowest BCUT2D eigenvalue weighted by Gasteiger charge is -2.22. The molecule has 0 aliphatic carbocycles. The van der Waals surface area contributed by atoms with Gasteiger partial charge >= 0.3 is 0 Å². The Morgan fingerprint density at radius 2 is 1.56 bits per heavy atom. The smallest absolute Gasteiger partial charge is 0.261 e. The molecular formula is C21H30BNO2. The summed E-state index contributed by atoms with van der Waals surface area (Å²) in [4.78, 5) is 27.0. The number of carbonyl (C=O) groups excluding carboxylic acids is 2. The number of unbranched alkanes of at least 4 members (excludes halogenated alkanes) is 4. The zero-order valence-electron chi connectivity index (χ0n) is 15.9. The first-order valence-electron chi connectivity index (χ1n) is 9.76. The molecule has 1 aliphatic heterocycles. The highest BCUT2D eigenvalue weighted by molar-refractivity contribution is 6.40. The predicted octanol–water partition coefficient (Wildman–Crippen LogP) is 4.16. The van der Waals surface area contributed by atoms with Crippen LogP contribution in [0.25, 0.3) is 0 Å². The summed E-state index contributed by atoms with van der Waals surface area (Å²) in [6.07, 6.45) is 9.31. The minimum Gasteiger partial charge on any atom is -0.274 e. The summed E-state index contributed by atoms with van der Waals surface area (Å²) in [6, 6.07) is 3.55. The number of rotatable bonds is 10. The zero-order chi connectivity index (χ0) is 18.4. The second kappa shape index (κ2) is 9.21. The van der Waals surface area contributed by atoms with E-state index in [1.54, 1.807) is 6.07 Å². The Morgan fingerprint density at radius 3 is 2.20 bits per heavy atom. The molecule has 0 N–H and O–H groups in total. The molecule has 1 aromatic carbocycles. The molecule has 3 nitrogen and oxygen atoms in total. The Labute approximate surface area is 153 Å². The fraction of sp³-hybridized carbons (Fsp3) is 0.619. The van der Waals surface area contributed by atoms with E-state index in [1.807, 2.05) is 13.0 Å². The van der Waals surface area contributed by atoms with Crippen LogP contribution < -0.4 is 5.46 Å². The number of amides is 2. The van der Waals surface area contributed by atoms with Crippen LogP contribution in [0, 0.1) is 12.8 Å². The largest absolute Gasteiger partial charge is 0.274 e. The molecule has 25 heavy (non-hydrogen) atoms. The quantitative estimate of drug-likeness (QED) is 0.365. The maximum Gasteiger partial charge on any atom is 0.261 e. The second-order valence-electron chi connectivity index (χ2n) is 7.30. The molecule has 2 radical (unpaired) electrons. The van der Waals surface area contributed by atoms with E-state index in [9.17, 15) is 9.59 Å². The molecule has 0 saturated heterocycles.